The molecule has 0 unspecified atom stereocenters. The van der Waals surface area contributed by atoms with Crippen molar-refractivity contribution >= 4 is 29.4 Å². The van der Waals surface area contributed by atoms with Gasteiger partial charge in [-0.05, 0) is 31.2 Å². The van der Waals surface area contributed by atoms with Crippen molar-refractivity contribution in [1.82, 2.24) is 14.7 Å². The number of halogens is 1. The van der Waals surface area contributed by atoms with Gasteiger partial charge in [-0.2, -0.15) is 0 Å². The smallest absolute Gasteiger partial charge is 0.326 e. The van der Waals surface area contributed by atoms with Crippen molar-refractivity contribution in [3.05, 3.63) is 29.3 Å². The SMILES string of the molecule is CCN(CCOc1ccc(Cl)cc1)C(=O)C[C@H]1C(=O)N(C)C(=O)N1C. The average molecular weight is 368 g/mol. The van der Waals surface area contributed by atoms with Gasteiger partial charge in [-0.25, -0.2) is 4.79 Å². The zero-order valence-corrected chi connectivity index (χ0v) is 15.3. The minimum Gasteiger partial charge on any atom is -0.492 e. The van der Waals surface area contributed by atoms with E-state index in [4.69, 9.17) is 16.3 Å². The summed E-state index contributed by atoms with van der Waals surface area (Å²) in [5.41, 5.74) is 0. The highest BCUT2D eigenvalue weighted by molar-refractivity contribution is 6.30. The van der Waals surface area contributed by atoms with Crippen molar-refractivity contribution in [3.8, 4) is 5.75 Å². The van der Waals surface area contributed by atoms with Gasteiger partial charge in [0.25, 0.3) is 5.91 Å². The molecule has 2 rings (SSSR count). The summed E-state index contributed by atoms with van der Waals surface area (Å²) in [4.78, 5) is 40.3. The van der Waals surface area contributed by atoms with Gasteiger partial charge in [0.2, 0.25) is 5.91 Å². The lowest BCUT2D eigenvalue weighted by Crippen LogP contribution is -2.41. The summed E-state index contributed by atoms with van der Waals surface area (Å²) in [7, 11) is 2.95. The van der Waals surface area contributed by atoms with Gasteiger partial charge in [0.15, 0.2) is 0 Å². The van der Waals surface area contributed by atoms with Crippen LogP contribution in [0.15, 0.2) is 24.3 Å². The molecule has 1 aliphatic heterocycles. The molecule has 1 fully saturated rings. The van der Waals surface area contributed by atoms with Gasteiger partial charge in [-0.1, -0.05) is 11.6 Å². The Morgan fingerprint density at radius 1 is 1.24 bits per heavy atom. The number of amides is 4. The zero-order chi connectivity index (χ0) is 18.6. The van der Waals surface area contributed by atoms with Crippen molar-refractivity contribution < 1.29 is 19.1 Å². The molecule has 0 aliphatic carbocycles. The maximum atomic E-state index is 12.5. The first kappa shape index (κ1) is 19.1. The molecule has 1 saturated heterocycles. The van der Waals surface area contributed by atoms with Crippen LogP contribution in [0.5, 0.6) is 5.75 Å². The van der Waals surface area contributed by atoms with E-state index in [-0.39, 0.29) is 18.2 Å². The van der Waals surface area contributed by atoms with Crippen LogP contribution in [0.2, 0.25) is 5.02 Å². The van der Waals surface area contributed by atoms with E-state index in [9.17, 15) is 14.4 Å². The Bertz CT molecular complexity index is 650. The molecule has 0 saturated carbocycles. The monoisotopic (exact) mass is 367 g/mol. The summed E-state index contributed by atoms with van der Waals surface area (Å²) in [6.45, 7) is 3.08. The third-order valence-electron chi connectivity index (χ3n) is 4.22. The van der Waals surface area contributed by atoms with Gasteiger partial charge in [-0.3, -0.25) is 14.5 Å². The number of nitrogens with zero attached hydrogens (tertiary/aromatic N) is 3. The number of likely N-dealkylation sites (N-methyl/N-ethyl adjacent to an activating group) is 3. The Labute approximate surface area is 152 Å². The van der Waals surface area contributed by atoms with Gasteiger partial charge in [-0.15, -0.1) is 0 Å². The second kappa shape index (κ2) is 8.20. The summed E-state index contributed by atoms with van der Waals surface area (Å²) in [5.74, 6) is 0.135. The van der Waals surface area contributed by atoms with Gasteiger partial charge in [0.1, 0.15) is 18.4 Å². The molecule has 25 heavy (non-hydrogen) atoms. The molecular formula is C17H22ClN3O4. The first-order valence-corrected chi connectivity index (χ1v) is 8.43. The van der Waals surface area contributed by atoms with Gasteiger partial charge >= 0.3 is 6.03 Å². The first-order chi connectivity index (χ1) is 11.8. The predicted octanol–water partition coefficient (Wildman–Crippen LogP) is 1.85. The fourth-order valence-electron chi connectivity index (χ4n) is 2.64. The van der Waals surface area contributed by atoms with Crippen molar-refractivity contribution in [2.75, 3.05) is 33.8 Å². The highest BCUT2D eigenvalue weighted by Crippen LogP contribution is 2.18. The largest absolute Gasteiger partial charge is 0.492 e. The summed E-state index contributed by atoms with van der Waals surface area (Å²) in [5, 5.41) is 0.627. The predicted molar refractivity (Wildman–Crippen MR) is 93.5 cm³/mol. The van der Waals surface area contributed by atoms with Crippen LogP contribution in [0, 0.1) is 0 Å². The summed E-state index contributed by atoms with van der Waals surface area (Å²) >= 11 is 5.82. The Hall–Kier alpha value is -2.28. The van der Waals surface area contributed by atoms with Crippen molar-refractivity contribution in [2.45, 2.75) is 19.4 Å². The van der Waals surface area contributed by atoms with E-state index in [1.54, 1.807) is 29.2 Å². The van der Waals surface area contributed by atoms with E-state index in [0.717, 1.165) is 4.90 Å². The normalized spacial score (nSPS) is 17.2. The van der Waals surface area contributed by atoms with E-state index in [1.165, 1.54) is 19.0 Å². The second-order valence-corrected chi connectivity index (χ2v) is 6.22. The number of benzene rings is 1. The van der Waals surface area contributed by atoms with Gasteiger partial charge in [0.05, 0.1) is 13.0 Å². The molecule has 136 valence electrons. The van der Waals surface area contributed by atoms with Crippen LogP contribution in [0.3, 0.4) is 0 Å². The molecule has 0 bridgehead atoms. The number of rotatable bonds is 7. The standard InChI is InChI=1S/C17H22ClN3O4/c1-4-21(9-10-25-13-7-5-12(18)6-8-13)15(22)11-14-16(23)20(3)17(24)19(14)2/h5-8,14H,4,9-11H2,1-3H3/t14-/m0/s1. The molecule has 1 aromatic carbocycles. The summed E-state index contributed by atoms with van der Waals surface area (Å²) < 4.78 is 5.60. The lowest BCUT2D eigenvalue weighted by molar-refractivity contribution is -0.136. The maximum absolute atomic E-state index is 12.5. The van der Waals surface area contributed by atoms with Crippen LogP contribution in [0.1, 0.15) is 13.3 Å². The molecule has 0 radical (unpaired) electrons. The molecule has 0 N–H and O–H groups in total. The number of ether oxygens (including phenoxy) is 1. The fourth-order valence-corrected chi connectivity index (χ4v) is 2.76. The van der Waals surface area contributed by atoms with Crippen LogP contribution >= 0.6 is 11.6 Å². The molecule has 1 heterocycles. The maximum Gasteiger partial charge on any atom is 0.326 e. The Kier molecular flexibility index (Phi) is 6.25. The first-order valence-electron chi connectivity index (χ1n) is 8.05. The van der Waals surface area contributed by atoms with Crippen LogP contribution < -0.4 is 4.74 Å². The quantitative estimate of drug-likeness (QED) is 0.689. The number of carbonyl (C=O) groups is 3. The number of hydrogen-bond donors (Lipinski definition) is 0. The Morgan fingerprint density at radius 3 is 2.40 bits per heavy atom. The van der Waals surface area contributed by atoms with Crippen LogP contribution in [-0.2, 0) is 9.59 Å². The minimum absolute atomic E-state index is 0.0276. The highest BCUT2D eigenvalue weighted by Gasteiger charge is 2.42. The molecule has 1 aliphatic rings. The number of imide groups is 1. The van der Waals surface area contributed by atoms with Crippen molar-refractivity contribution in [1.29, 1.82) is 0 Å². The Balaban J connectivity index is 1.87. The van der Waals surface area contributed by atoms with E-state index >= 15 is 0 Å². The third kappa shape index (κ3) is 4.42. The molecule has 1 aromatic rings. The molecule has 7 nitrogen and oxygen atoms in total. The van der Waals surface area contributed by atoms with Crippen LogP contribution in [-0.4, -0.2) is 72.4 Å². The average Bonchev–Trinajstić information content (AvgIpc) is 2.78. The van der Waals surface area contributed by atoms with E-state index < -0.39 is 12.1 Å². The molecule has 0 spiro atoms. The lowest BCUT2D eigenvalue weighted by atomic mass is 10.1. The lowest BCUT2D eigenvalue weighted by Gasteiger charge is -2.23. The van der Waals surface area contributed by atoms with Crippen LogP contribution in [0.4, 0.5) is 4.79 Å². The van der Waals surface area contributed by atoms with Crippen molar-refractivity contribution in [3.63, 3.8) is 0 Å². The highest BCUT2D eigenvalue weighted by atomic mass is 35.5. The summed E-state index contributed by atoms with van der Waals surface area (Å²) in [6.07, 6.45) is -0.0276. The third-order valence-corrected chi connectivity index (χ3v) is 4.47. The molecule has 4 amide bonds. The van der Waals surface area contributed by atoms with Gasteiger partial charge in [0, 0.05) is 25.7 Å². The number of hydrogen-bond acceptors (Lipinski definition) is 4. The molecule has 0 aromatic heterocycles. The summed E-state index contributed by atoms with van der Waals surface area (Å²) in [6, 6.07) is 5.85. The van der Waals surface area contributed by atoms with Crippen molar-refractivity contribution in [2.24, 2.45) is 0 Å². The number of carbonyl (C=O) groups excluding carboxylic acids is 3. The van der Waals surface area contributed by atoms with E-state index in [2.05, 4.69) is 0 Å². The van der Waals surface area contributed by atoms with Crippen LogP contribution in [0.25, 0.3) is 0 Å². The second-order valence-electron chi connectivity index (χ2n) is 5.79. The minimum atomic E-state index is -0.740. The molecule has 1 atom stereocenters. The topological polar surface area (TPSA) is 70.2 Å². The van der Waals surface area contributed by atoms with E-state index in [1.807, 2.05) is 6.92 Å². The Morgan fingerprint density at radius 2 is 1.88 bits per heavy atom. The zero-order valence-electron chi connectivity index (χ0n) is 14.6. The number of urea groups is 1. The molecule has 8 heteroatoms. The van der Waals surface area contributed by atoms with E-state index in [0.29, 0.717) is 30.5 Å². The van der Waals surface area contributed by atoms with Gasteiger partial charge < -0.3 is 14.5 Å². The molecular weight excluding hydrogens is 346 g/mol. The fraction of sp³-hybridized carbons (Fsp3) is 0.471.